The number of nitriles is 1. The van der Waals surface area contributed by atoms with Gasteiger partial charge < -0.3 is 5.32 Å². The van der Waals surface area contributed by atoms with Crippen LogP contribution >= 0.6 is 15.9 Å². The molecule has 3 rings (SSSR count). The zero-order valence-electron chi connectivity index (χ0n) is 14.4. The average Bonchev–Trinajstić information content (AvgIpc) is 3.14. The molecule has 138 valence electrons. The lowest BCUT2D eigenvalue weighted by atomic mass is 9.93. The molecule has 3 N–H and O–H groups in total. The van der Waals surface area contributed by atoms with Crippen LogP contribution < -0.4 is 16.2 Å². The maximum absolute atomic E-state index is 13.7. The molecule has 1 aliphatic heterocycles. The maximum Gasteiger partial charge on any atom is 0.261 e. The van der Waals surface area contributed by atoms with E-state index in [1.807, 2.05) is 30.3 Å². The van der Waals surface area contributed by atoms with E-state index in [0.717, 1.165) is 10.0 Å². The van der Waals surface area contributed by atoms with Gasteiger partial charge in [-0.25, -0.2) is 9.82 Å². The average molecular weight is 429 g/mol. The number of nitrogens with one attached hydrogen (secondary N) is 3. The van der Waals surface area contributed by atoms with Crippen molar-refractivity contribution in [1.82, 2.24) is 16.2 Å². The molecule has 1 amide bonds. The quantitative estimate of drug-likeness (QED) is 0.504. The zero-order valence-corrected chi connectivity index (χ0v) is 16.0. The summed E-state index contributed by atoms with van der Waals surface area (Å²) in [4.78, 5) is 12.4. The Morgan fingerprint density at radius 1 is 1.30 bits per heavy atom. The first kappa shape index (κ1) is 19.2. The van der Waals surface area contributed by atoms with E-state index in [1.165, 1.54) is 6.07 Å². The number of carbonyl (C=O) groups excluding carboxylic acids is 1. The van der Waals surface area contributed by atoms with Gasteiger partial charge >= 0.3 is 0 Å². The Labute approximate surface area is 165 Å². The summed E-state index contributed by atoms with van der Waals surface area (Å²) in [5, 5.41) is 12.0. The van der Waals surface area contributed by atoms with E-state index in [2.05, 4.69) is 32.1 Å². The lowest BCUT2D eigenvalue weighted by Crippen LogP contribution is -2.26. The predicted octanol–water partition coefficient (Wildman–Crippen LogP) is 3.12. The standard InChI is InChI=1S/C20H18BrFN4O/c21-17-7-5-13(6-8-17)19-16(12-25-26-19)9-15(10-23)20(27)24-11-14-3-1-2-4-18(14)22/h1-9,16,19,25-26H,11-12H2,(H,24,27)/b15-9+. The number of hydrogen-bond acceptors (Lipinski definition) is 4. The Morgan fingerprint density at radius 3 is 2.74 bits per heavy atom. The second-order valence-electron chi connectivity index (χ2n) is 6.18. The molecular weight excluding hydrogens is 411 g/mol. The summed E-state index contributed by atoms with van der Waals surface area (Å²) in [7, 11) is 0. The summed E-state index contributed by atoms with van der Waals surface area (Å²) >= 11 is 3.41. The second kappa shape index (κ2) is 8.91. The van der Waals surface area contributed by atoms with E-state index in [-0.39, 0.29) is 29.9 Å². The summed E-state index contributed by atoms with van der Waals surface area (Å²) in [6.07, 6.45) is 1.66. The number of halogens is 2. The minimum atomic E-state index is -0.512. The molecule has 27 heavy (non-hydrogen) atoms. The molecule has 0 spiro atoms. The normalized spacial score (nSPS) is 19.5. The van der Waals surface area contributed by atoms with Crippen molar-refractivity contribution in [1.29, 1.82) is 5.26 Å². The maximum atomic E-state index is 13.7. The fourth-order valence-corrected chi connectivity index (χ4v) is 3.22. The van der Waals surface area contributed by atoms with Crippen LogP contribution in [0.15, 0.2) is 64.7 Å². The van der Waals surface area contributed by atoms with Gasteiger partial charge in [0.25, 0.3) is 5.91 Å². The topological polar surface area (TPSA) is 77.0 Å². The highest BCUT2D eigenvalue weighted by Crippen LogP contribution is 2.27. The van der Waals surface area contributed by atoms with Crippen LogP contribution in [0.25, 0.3) is 0 Å². The van der Waals surface area contributed by atoms with Crippen LogP contribution in [0.5, 0.6) is 0 Å². The molecule has 2 aromatic rings. The number of rotatable bonds is 5. The van der Waals surface area contributed by atoms with Crippen LogP contribution in [-0.4, -0.2) is 12.5 Å². The summed E-state index contributed by atoms with van der Waals surface area (Å²) in [5.74, 6) is -0.970. The van der Waals surface area contributed by atoms with Gasteiger partial charge in [0.1, 0.15) is 17.5 Å². The van der Waals surface area contributed by atoms with E-state index < -0.39 is 5.91 Å². The van der Waals surface area contributed by atoms with Gasteiger partial charge in [-0.05, 0) is 23.8 Å². The van der Waals surface area contributed by atoms with Gasteiger partial charge in [-0.1, -0.05) is 52.3 Å². The third kappa shape index (κ3) is 4.80. The van der Waals surface area contributed by atoms with Crippen molar-refractivity contribution in [3.05, 3.63) is 81.6 Å². The Bertz CT molecular complexity index is 892. The largest absolute Gasteiger partial charge is 0.347 e. The molecule has 1 saturated heterocycles. The molecule has 1 aliphatic rings. The van der Waals surface area contributed by atoms with Crippen LogP contribution in [-0.2, 0) is 11.3 Å². The summed E-state index contributed by atoms with van der Waals surface area (Å²) in [6, 6.07) is 16.0. The number of hydrazine groups is 1. The molecule has 0 saturated carbocycles. The Hall–Kier alpha value is -2.53. The van der Waals surface area contributed by atoms with Crippen molar-refractivity contribution in [3.63, 3.8) is 0 Å². The third-order valence-electron chi connectivity index (χ3n) is 4.40. The minimum Gasteiger partial charge on any atom is -0.347 e. The molecule has 1 heterocycles. The lowest BCUT2D eigenvalue weighted by molar-refractivity contribution is -0.117. The van der Waals surface area contributed by atoms with E-state index in [4.69, 9.17) is 0 Å². The molecule has 5 nitrogen and oxygen atoms in total. The Morgan fingerprint density at radius 2 is 2.04 bits per heavy atom. The smallest absolute Gasteiger partial charge is 0.261 e. The molecule has 0 aliphatic carbocycles. The highest BCUT2D eigenvalue weighted by atomic mass is 79.9. The Balaban J connectivity index is 1.71. The van der Waals surface area contributed by atoms with Gasteiger partial charge in [0.2, 0.25) is 0 Å². The van der Waals surface area contributed by atoms with Crippen LogP contribution in [0.4, 0.5) is 4.39 Å². The monoisotopic (exact) mass is 428 g/mol. The van der Waals surface area contributed by atoms with Crippen LogP contribution in [0, 0.1) is 23.1 Å². The number of carbonyl (C=O) groups is 1. The number of benzene rings is 2. The lowest BCUT2D eigenvalue weighted by Gasteiger charge is -2.16. The van der Waals surface area contributed by atoms with Crippen molar-refractivity contribution in [3.8, 4) is 6.07 Å². The molecule has 0 radical (unpaired) electrons. The summed E-state index contributed by atoms with van der Waals surface area (Å²) < 4.78 is 14.6. The van der Waals surface area contributed by atoms with E-state index in [9.17, 15) is 14.4 Å². The molecular formula is C20H18BrFN4O. The fraction of sp³-hybridized carbons (Fsp3) is 0.200. The van der Waals surface area contributed by atoms with Gasteiger partial charge in [-0.3, -0.25) is 10.2 Å². The van der Waals surface area contributed by atoms with Gasteiger partial charge in [0.15, 0.2) is 0 Å². The SMILES string of the molecule is N#C/C(=C\C1CNNC1c1ccc(Br)cc1)C(=O)NCc1ccccc1F. The van der Waals surface area contributed by atoms with E-state index in [0.29, 0.717) is 12.1 Å². The van der Waals surface area contributed by atoms with Crippen molar-refractivity contribution in [2.75, 3.05) is 6.54 Å². The second-order valence-corrected chi connectivity index (χ2v) is 7.10. The molecule has 0 aromatic heterocycles. The van der Waals surface area contributed by atoms with Crippen LogP contribution in [0.3, 0.4) is 0 Å². The molecule has 2 aromatic carbocycles. The highest BCUT2D eigenvalue weighted by Gasteiger charge is 2.28. The number of hydrogen-bond donors (Lipinski definition) is 3. The first-order valence-electron chi connectivity index (χ1n) is 8.46. The zero-order chi connectivity index (χ0) is 19.2. The van der Waals surface area contributed by atoms with Gasteiger partial charge in [-0.15, -0.1) is 0 Å². The minimum absolute atomic E-state index is 0.0175. The molecule has 2 atom stereocenters. The first-order valence-corrected chi connectivity index (χ1v) is 9.25. The van der Waals surface area contributed by atoms with E-state index >= 15 is 0 Å². The Kier molecular flexibility index (Phi) is 6.35. The molecule has 1 fully saturated rings. The first-order chi connectivity index (χ1) is 13.1. The van der Waals surface area contributed by atoms with Crippen molar-refractivity contribution < 1.29 is 9.18 Å². The molecule has 2 unspecified atom stereocenters. The number of nitrogens with zero attached hydrogens (tertiary/aromatic N) is 1. The van der Waals surface area contributed by atoms with Crippen LogP contribution in [0.2, 0.25) is 0 Å². The number of amides is 1. The van der Waals surface area contributed by atoms with Crippen molar-refractivity contribution in [2.45, 2.75) is 12.6 Å². The van der Waals surface area contributed by atoms with Gasteiger partial charge in [0, 0.05) is 29.0 Å². The summed E-state index contributed by atoms with van der Waals surface area (Å²) in [6.45, 7) is 0.619. The van der Waals surface area contributed by atoms with Gasteiger partial charge in [-0.2, -0.15) is 5.26 Å². The van der Waals surface area contributed by atoms with Crippen molar-refractivity contribution in [2.24, 2.45) is 5.92 Å². The van der Waals surface area contributed by atoms with E-state index in [1.54, 1.807) is 24.3 Å². The van der Waals surface area contributed by atoms with Crippen molar-refractivity contribution >= 4 is 21.8 Å². The predicted molar refractivity (Wildman–Crippen MR) is 103 cm³/mol. The third-order valence-corrected chi connectivity index (χ3v) is 4.92. The van der Waals surface area contributed by atoms with Gasteiger partial charge in [0.05, 0.1) is 6.04 Å². The highest BCUT2D eigenvalue weighted by molar-refractivity contribution is 9.10. The molecule has 7 heteroatoms. The van der Waals surface area contributed by atoms with Crippen LogP contribution in [0.1, 0.15) is 17.2 Å². The summed E-state index contributed by atoms with van der Waals surface area (Å²) in [5.41, 5.74) is 7.69. The molecule has 0 bridgehead atoms. The fourth-order valence-electron chi connectivity index (χ4n) is 2.96.